The normalized spacial score (nSPS) is 16.0. The molecular formula is C18H29N3O3. The number of phenolic OH excluding ortho intramolecular Hbond substituents is 1. The molecule has 134 valence electrons. The minimum atomic E-state index is -0.0985. The third-order valence-electron chi connectivity index (χ3n) is 4.38. The molecule has 6 heteroatoms. The van der Waals surface area contributed by atoms with E-state index in [4.69, 9.17) is 4.74 Å². The lowest BCUT2D eigenvalue weighted by Gasteiger charge is -2.23. The average Bonchev–Trinajstić information content (AvgIpc) is 3.05. The zero-order valence-electron chi connectivity index (χ0n) is 14.9. The number of methoxy groups -OCH3 is 1. The van der Waals surface area contributed by atoms with Crippen LogP contribution >= 0.6 is 0 Å². The van der Waals surface area contributed by atoms with Gasteiger partial charge < -0.3 is 25.0 Å². The lowest BCUT2D eigenvalue weighted by Crippen LogP contribution is -2.40. The van der Waals surface area contributed by atoms with Crippen molar-refractivity contribution in [1.29, 1.82) is 0 Å². The third kappa shape index (κ3) is 5.30. The smallest absolute Gasteiger partial charge is 0.317 e. The summed E-state index contributed by atoms with van der Waals surface area (Å²) in [6, 6.07) is 5.07. The van der Waals surface area contributed by atoms with Crippen LogP contribution in [-0.4, -0.2) is 61.3 Å². The summed E-state index contributed by atoms with van der Waals surface area (Å²) in [7, 11) is 3.26. The van der Waals surface area contributed by atoms with Crippen molar-refractivity contribution in [2.45, 2.75) is 26.3 Å². The molecule has 2 amide bonds. The maximum Gasteiger partial charge on any atom is 0.317 e. The number of hydrogen-bond acceptors (Lipinski definition) is 4. The molecule has 6 nitrogen and oxygen atoms in total. The summed E-state index contributed by atoms with van der Waals surface area (Å²) in [5.41, 5.74) is 0.857. The number of carbonyl (C=O) groups excluding carboxylic acids is 1. The predicted octanol–water partition coefficient (Wildman–Crippen LogP) is 2.27. The molecule has 1 aromatic carbocycles. The topological polar surface area (TPSA) is 65.0 Å². The maximum atomic E-state index is 12.2. The third-order valence-corrected chi connectivity index (χ3v) is 4.38. The highest BCUT2D eigenvalue weighted by Gasteiger charge is 2.16. The van der Waals surface area contributed by atoms with Gasteiger partial charge in [-0.25, -0.2) is 4.79 Å². The fraction of sp³-hybridized carbons (Fsp3) is 0.611. The Hall–Kier alpha value is -1.95. The molecule has 0 spiro atoms. The predicted molar refractivity (Wildman–Crippen MR) is 94.4 cm³/mol. The van der Waals surface area contributed by atoms with E-state index in [1.165, 1.54) is 33.0 Å². The second-order valence-corrected chi connectivity index (χ2v) is 6.66. The molecule has 24 heavy (non-hydrogen) atoms. The first-order valence-electron chi connectivity index (χ1n) is 8.56. The van der Waals surface area contributed by atoms with Crippen molar-refractivity contribution in [2.75, 3.05) is 40.3 Å². The van der Waals surface area contributed by atoms with Crippen molar-refractivity contribution in [3.8, 4) is 11.5 Å². The molecule has 0 bridgehead atoms. The van der Waals surface area contributed by atoms with E-state index in [0.717, 1.165) is 12.1 Å². The standard InChI is InChI=1S/C18H29N3O3/c1-14(12-21-8-4-5-9-21)11-19-18(23)20(2)13-15-6-7-17(24-3)16(22)10-15/h6-7,10,14,22H,4-5,8-9,11-13H2,1-3H3,(H,19,23). The molecule has 0 radical (unpaired) electrons. The first kappa shape index (κ1) is 18.4. The van der Waals surface area contributed by atoms with Crippen molar-refractivity contribution >= 4 is 6.03 Å². The molecule has 1 heterocycles. The van der Waals surface area contributed by atoms with Crippen molar-refractivity contribution in [2.24, 2.45) is 5.92 Å². The van der Waals surface area contributed by atoms with Gasteiger partial charge in [-0.05, 0) is 49.5 Å². The van der Waals surface area contributed by atoms with Crippen LogP contribution in [0.1, 0.15) is 25.3 Å². The quantitative estimate of drug-likeness (QED) is 0.802. The second-order valence-electron chi connectivity index (χ2n) is 6.66. The number of rotatable bonds is 7. The average molecular weight is 335 g/mol. The molecule has 2 N–H and O–H groups in total. The van der Waals surface area contributed by atoms with E-state index < -0.39 is 0 Å². The molecule has 1 saturated heterocycles. The van der Waals surface area contributed by atoms with Crippen LogP contribution in [0.4, 0.5) is 4.79 Å². The molecule has 1 aliphatic heterocycles. The van der Waals surface area contributed by atoms with Gasteiger partial charge >= 0.3 is 6.03 Å². The summed E-state index contributed by atoms with van der Waals surface area (Å²) >= 11 is 0. The number of ether oxygens (including phenoxy) is 1. The lowest BCUT2D eigenvalue weighted by atomic mass is 10.1. The number of carbonyl (C=O) groups is 1. The van der Waals surface area contributed by atoms with Gasteiger partial charge in [0.15, 0.2) is 11.5 Å². The minimum Gasteiger partial charge on any atom is -0.504 e. The molecule has 2 rings (SSSR count). The number of phenols is 1. The van der Waals surface area contributed by atoms with Gasteiger partial charge in [0.25, 0.3) is 0 Å². The van der Waals surface area contributed by atoms with Gasteiger partial charge in [0.05, 0.1) is 7.11 Å². The fourth-order valence-electron chi connectivity index (χ4n) is 3.05. The SMILES string of the molecule is COc1ccc(CN(C)C(=O)NCC(C)CN2CCCC2)cc1O. The Morgan fingerprint density at radius 3 is 2.75 bits per heavy atom. The van der Waals surface area contributed by atoms with Crippen molar-refractivity contribution < 1.29 is 14.6 Å². The summed E-state index contributed by atoms with van der Waals surface area (Å²) in [5.74, 6) is 0.954. The van der Waals surface area contributed by atoms with Crippen LogP contribution < -0.4 is 10.1 Å². The minimum absolute atomic E-state index is 0.0862. The Morgan fingerprint density at radius 2 is 2.12 bits per heavy atom. The van der Waals surface area contributed by atoms with Crippen molar-refractivity contribution in [3.05, 3.63) is 23.8 Å². The van der Waals surface area contributed by atoms with E-state index in [-0.39, 0.29) is 11.8 Å². The zero-order valence-corrected chi connectivity index (χ0v) is 14.9. The Bertz CT molecular complexity index is 544. The number of benzene rings is 1. The monoisotopic (exact) mass is 335 g/mol. The van der Waals surface area contributed by atoms with Crippen LogP contribution in [0.2, 0.25) is 0 Å². The summed E-state index contributed by atoms with van der Waals surface area (Å²) in [5, 5.41) is 12.8. The van der Waals surface area contributed by atoms with Gasteiger partial charge in [-0.1, -0.05) is 13.0 Å². The van der Waals surface area contributed by atoms with Crippen LogP contribution in [-0.2, 0) is 6.54 Å². The van der Waals surface area contributed by atoms with Crippen LogP contribution in [0.5, 0.6) is 11.5 Å². The van der Waals surface area contributed by atoms with E-state index >= 15 is 0 Å². The molecule has 1 fully saturated rings. The highest BCUT2D eigenvalue weighted by atomic mass is 16.5. The first-order valence-corrected chi connectivity index (χ1v) is 8.56. The van der Waals surface area contributed by atoms with E-state index in [1.807, 2.05) is 6.07 Å². The molecular weight excluding hydrogens is 306 g/mol. The number of urea groups is 1. The molecule has 0 aliphatic carbocycles. The van der Waals surface area contributed by atoms with Crippen molar-refractivity contribution in [1.82, 2.24) is 15.1 Å². The first-order chi connectivity index (χ1) is 11.5. The van der Waals surface area contributed by atoms with E-state index in [1.54, 1.807) is 24.1 Å². The fourth-order valence-corrected chi connectivity index (χ4v) is 3.05. The summed E-state index contributed by atoms with van der Waals surface area (Å²) < 4.78 is 5.02. The summed E-state index contributed by atoms with van der Waals surface area (Å²) in [6.07, 6.45) is 2.58. The van der Waals surface area contributed by atoms with Crippen LogP contribution in [0.3, 0.4) is 0 Å². The Morgan fingerprint density at radius 1 is 1.42 bits per heavy atom. The van der Waals surface area contributed by atoms with E-state index in [9.17, 15) is 9.90 Å². The molecule has 1 aromatic rings. The van der Waals surface area contributed by atoms with Gasteiger partial charge in [-0.15, -0.1) is 0 Å². The number of nitrogens with zero attached hydrogens (tertiary/aromatic N) is 2. The number of likely N-dealkylation sites (tertiary alicyclic amines) is 1. The van der Waals surface area contributed by atoms with Crippen molar-refractivity contribution in [3.63, 3.8) is 0 Å². The van der Waals surface area contributed by atoms with Gasteiger partial charge in [0.2, 0.25) is 0 Å². The molecule has 1 atom stereocenters. The largest absolute Gasteiger partial charge is 0.504 e. The Kier molecular flexibility index (Phi) is 6.73. The number of aromatic hydroxyl groups is 1. The lowest BCUT2D eigenvalue weighted by molar-refractivity contribution is 0.202. The Labute approximate surface area is 144 Å². The highest BCUT2D eigenvalue weighted by Crippen LogP contribution is 2.26. The number of nitrogens with one attached hydrogen (secondary N) is 1. The van der Waals surface area contributed by atoms with Gasteiger partial charge in [0.1, 0.15) is 0 Å². The van der Waals surface area contributed by atoms with Crippen LogP contribution in [0.25, 0.3) is 0 Å². The summed E-state index contributed by atoms with van der Waals surface area (Å²) in [4.78, 5) is 16.3. The number of amides is 2. The van der Waals surface area contributed by atoms with Gasteiger partial charge in [0, 0.05) is 26.7 Å². The van der Waals surface area contributed by atoms with Gasteiger partial charge in [-0.3, -0.25) is 0 Å². The van der Waals surface area contributed by atoms with E-state index in [2.05, 4.69) is 17.1 Å². The van der Waals surface area contributed by atoms with Gasteiger partial charge in [-0.2, -0.15) is 0 Å². The molecule has 0 aromatic heterocycles. The maximum absolute atomic E-state index is 12.2. The van der Waals surface area contributed by atoms with Crippen LogP contribution in [0.15, 0.2) is 18.2 Å². The summed E-state index contributed by atoms with van der Waals surface area (Å²) in [6.45, 7) is 6.67. The molecule has 0 saturated carbocycles. The molecule has 1 unspecified atom stereocenters. The van der Waals surface area contributed by atoms with Crippen LogP contribution in [0, 0.1) is 5.92 Å². The highest BCUT2D eigenvalue weighted by molar-refractivity contribution is 5.73. The zero-order chi connectivity index (χ0) is 17.5. The molecule has 1 aliphatic rings. The van der Waals surface area contributed by atoms with E-state index in [0.29, 0.717) is 24.8 Å². The second kappa shape index (κ2) is 8.78. The Balaban J connectivity index is 1.76. The number of hydrogen-bond donors (Lipinski definition) is 2.